The topological polar surface area (TPSA) is 128 Å². The van der Waals surface area contributed by atoms with Gasteiger partial charge in [-0.1, -0.05) is 26.8 Å². The molecule has 0 spiro atoms. The van der Waals surface area contributed by atoms with Crippen LogP contribution in [0.1, 0.15) is 43.7 Å². The number of rotatable bonds is 12. The van der Waals surface area contributed by atoms with Crippen molar-refractivity contribution in [2.24, 2.45) is 11.7 Å². The largest absolute Gasteiger partial charge is 0.458 e. The Morgan fingerprint density at radius 2 is 2.08 bits per heavy atom. The van der Waals surface area contributed by atoms with E-state index in [0.717, 1.165) is 29.1 Å². The molecule has 0 radical (unpaired) electrons. The number of carbonyl (C=O) groups excluding carboxylic acids is 1. The van der Waals surface area contributed by atoms with Gasteiger partial charge in [0.15, 0.2) is 0 Å². The third kappa shape index (κ3) is 6.47. The lowest BCUT2D eigenvalue weighted by Crippen LogP contribution is -2.42. The van der Waals surface area contributed by atoms with Crippen LogP contribution in [-0.2, 0) is 21.5 Å². The molecule has 1 atom stereocenters. The first-order chi connectivity index (χ1) is 17.8. The Morgan fingerprint density at radius 3 is 2.73 bits per heavy atom. The van der Waals surface area contributed by atoms with Crippen molar-refractivity contribution in [1.29, 1.82) is 0 Å². The molecule has 1 saturated carbocycles. The number of nitrogens with one attached hydrogen (secondary N) is 2. The first-order valence-corrected chi connectivity index (χ1v) is 13.1. The van der Waals surface area contributed by atoms with E-state index < -0.39 is 12.0 Å². The van der Waals surface area contributed by atoms with E-state index in [1.54, 1.807) is 18.5 Å². The summed E-state index contributed by atoms with van der Waals surface area (Å²) < 4.78 is 19.5. The standard InChI is InChI=1S/C26H32FN7O2S/c1-16(2)22(28)25(35)36-14-17(3)30-12-18-13-31-24(37-18)20-7-8-21(34-33-20)32-15-26(9-5-10-26)23-19(27)6-4-11-29-23/h4,6-8,11,13,16,22,30H,3,5,9-10,12,14-15,28H2,1-2H3,(H,32,34)/t22-/m0/s1. The van der Waals surface area contributed by atoms with Gasteiger partial charge >= 0.3 is 5.97 Å². The molecule has 0 aliphatic heterocycles. The molecule has 3 heterocycles. The first-order valence-electron chi connectivity index (χ1n) is 12.2. The van der Waals surface area contributed by atoms with Crippen molar-refractivity contribution in [2.45, 2.75) is 51.1 Å². The van der Waals surface area contributed by atoms with Crippen molar-refractivity contribution >= 4 is 23.1 Å². The fraction of sp³-hybridized carbons (Fsp3) is 0.423. The molecule has 1 fully saturated rings. The zero-order valence-corrected chi connectivity index (χ0v) is 21.9. The summed E-state index contributed by atoms with van der Waals surface area (Å²) in [6.45, 7) is 8.71. The minimum Gasteiger partial charge on any atom is -0.458 e. The molecule has 3 aromatic rings. The Balaban J connectivity index is 1.27. The number of hydrogen-bond acceptors (Lipinski definition) is 10. The van der Waals surface area contributed by atoms with Gasteiger partial charge in [-0.2, -0.15) is 0 Å². The third-order valence-electron chi connectivity index (χ3n) is 6.51. The number of halogens is 1. The van der Waals surface area contributed by atoms with E-state index in [4.69, 9.17) is 10.5 Å². The number of esters is 1. The summed E-state index contributed by atoms with van der Waals surface area (Å²) in [6.07, 6.45) is 6.22. The molecule has 4 rings (SSSR count). The predicted octanol–water partition coefficient (Wildman–Crippen LogP) is 3.80. The van der Waals surface area contributed by atoms with Crippen molar-refractivity contribution < 1.29 is 13.9 Å². The van der Waals surface area contributed by atoms with E-state index in [0.29, 0.717) is 36.0 Å². The molecular weight excluding hydrogens is 493 g/mol. The average molecular weight is 526 g/mol. The minimum atomic E-state index is -0.650. The van der Waals surface area contributed by atoms with Gasteiger partial charge in [0.05, 0.1) is 12.2 Å². The van der Waals surface area contributed by atoms with Gasteiger partial charge in [0.1, 0.15) is 35.0 Å². The summed E-state index contributed by atoms with van der Waals surface area (Å²) in [6, 6.07) is 6.13. The van der Waals surface area contributed by atoms with Crippen molar-refractivity contribution in [3.05, 3.63) is 65.3 Å². The number of nitrogens with zero attached hydrogens (tertiary/aromatic N) is 4. The lowest BCUT2D eigenvalue weighted by atomic mass is 9.66. The van der Waals surface area contributed by atoms with Gasteiger partial charge in [-0.05, 0) is 43.0 Å². The second-order valence-electron chi connectivity index (χ2n) is 9.59. The van der Waals surface area contributed by atoms with Crippen molar-refractivity contribution in [3.63, 3.8) is 0 Å². The van der Waals surface area contributed by atoms with Crippen molar-refractivity contribution in [2.75, 3.05) is 18.5 Å². The molecule has 1 aliphatic rings. The van der Waals surface area contributed by atoms with Gasteiger partial charge in [-0.3, -0.25) is 9.78 Å². The number of aromatic nitrogens is 4. The highest BCUT2D eigenvalue weighted by Crippen LogP contribution is 2.43. The zero-order chi connectivity index (χ0) is 26.4. The average Bonchev–Trinajstić information content (AvgIpc) is 3.35. The van der Waals surface area contributed by atoms with Crippen LogP contribution in [0.5, 0.6) is 0 Å². The normalized spacial score (nSPS) is 15.1. The molecular formula is C26H32FN7O2S. The van der Waals surface area contributed by atoms with Crippen LogP contribution in [0.2, 0.25) is 0 Å². The molecule has 0 amide bonds. The number of nitrogens with two attached hydrogens (primary N) is 1. The molecule has 3 aromatic heterocycles. The summed E-state index contributed by atoms with van der Waals surface area (Å²) >= 11 is 1.48. The smallest absolute Gasteiger partial charge is 0.323 e. The molecule has 9 nitrogen and oxygen atoms in total. The lowest BCUT2D eigenvalue weighted by molar-refractivity contribution is -0.145. The van der Waals surface area contributed by atoms with E-state index in [9.17, 15) is 9.18 Å². The fourth-order valence-corrected chi connectivity index (χ4v) is 4.79. The molecule has 0 aromatic carbocycles. The minimum absolute atomic E-state index is 0.00725. The Bertz CT molecular complexity index is 1230. The molecule has 37 heavy (non-hydrogen) atoms. The summed E-state index contributed by atoms with van der Waals surface area (Å²) in [5.41, 5.74) is 7.22. The highest BCUT2D eigenvalue weighted by molar-refractivity contribution is 7.14. The van der Waals surface area contributed by atoms with Gasteiger partial charge in [-0.15, -0.1) is 21.5 Å². The van der Waals surface area contributed by atoms with E-state index in [-0.39, 0.29) is 23.8 Å². The quantitative estimate of drug-likeness (QED) is 0.303. The number of thiazole rings is 1. The second-order valence-corrected chi connectivity index (χ2v) is 10.7. The van der Waals surface area contributed by atoms with Crippen LogP contribution in [-0.4, -0.2) is 45.3 Å². The zero-order valence-electron chi connectivity index (χ0n) is 21.0. The Labute approximate surface area is 219 Å². The second kappa shape index (κ2) is 11.7. The van der Waals surface area contributed by atoms with E-state index in [1.807, 2.05) is 26.0 Å². The van der Waals surface area contributed by atoms with Gasteiger partial charge in [0.25, 0.3) is 0 Å². The maximum atomic E-state index is 14.3. The van der Waals surface area contributed by atoms with Crippen LogP contribution in [0.3, 0.4) is 0 Å². The van der Waals surface area contributed by atoms with Crippen LogP contribution in [0.25, 0.3) is 10.7 Å². The van der Waals surface area contributed by atoms with Crippen LogP contribution < -0.4 is 16.4 Å². The maximum Gasteiger partial charge on any atom is 0.323 e. The predicted molar refractivity (Wildman–Crippen MR) is 141 cm³/mol. The van der Waals surface area contributed by atoms with Crippen LogP contribution >= 0.6 is 11.3 Å². The highest BCUT2D eigenvalue weighted by atomic mass is 32.1. The fourth-order valence-electron chi connectivity index (χ4n) is 3.97. The van der Waals surface area contributed by atoms with Gasteiger partial charge < -0.3 is 21.1 Å². The number of pyridine rings is 1. The highest BCUT2D eigenvalue weighted by Gasteiger charge is 2.41. The number of anilines is 1. The van der Waals surface area contributed by atoms with Crippen LogP contribution in [0.4, 0.5) is 10.2 Å². The maximum absolute atomic E-state index is 14.3. The summed E-state index contributed by atoms with van der Waals surface area (Å²) in [5.74, 6) is -0.0821. The van der Waals surface area contributed by atoms with Gasteiger partial charge in [0.2, 0.25) is 0 Å². The first kappa shape index (κ1) is 26.6. The Morgan fingerprint density at radius 1 is 1.27 bits per heavy atom. The van der Waals surface area contributed by atoms with Gasteiger partial charge in [-0.25, -0.2) is 9.37 Å². The summed E-state index contributed by atoms with van der Waals surface area (Å²) in [4.78, 5) is 21.6. The van der Waals surface area contributed by atoms with Crippen LogP contribution in [0.15, 0.2) is 48.9 Å². The molecule has 0 saturated heterocycles. The molecule has 1 aliphatic carbocycles. The molecule has 196 valence electrons. The molecule has 0 unspecified atom stereocenters. The van der Waals surface area contributed by atoms with Crippen molar-refractivity contribution in [3.8, 4) is 10.7 Å². The lowest BCUT2D eigenvalue weighted by Gasteiger charge is -2.41. The third-order valence-corrected chi connectivity index (χ3v) is 7.53. The molecule has 4 N–H and O–H groups in total. The van der Waals surface area contributed by atoms with E-state index >= 15 is 0 Å². The molecule has 0 bridgehead atoms. The number of carbonyl (C=O) groups is 1. The van der Waals surface area contributed by atoms with E-state index in [2.05, 4.69) is 37.4 Å². The summed E-state index contributed by atoms with van der Waals surface area (Å²) in [5, 5.41) is 15.8. The van der Waals surface area contributed by atoms with E-state index in [1.165, 1.54) is 17.4 Å². The number of ether oxygens (including phenoxy) is 1. The number of hydrogen-bond donors (Lipinski definition) is 3. The van der Waals surface area contributed by atoms with Crippen LogP contribution in [0, 0.1) is 11.7 Å². The Hall–Kier alpha value is -3.44. The Kier molecular flexibility index (Phi) is 8.45. The van der Waals surface area contributed by atoms with Crippen molar-refractivity contribution in [1.82, 2.24) is 25.5 Å². The molecule has 11 heteroatoms. The summed E-state index contributed by atoms with van der Waals surface area (Å²) in [7, 11) is 0. The SMILES string of the molecule is C=C(COC(=O)[C@@H](N)C(C)C)NCc1cnc(-c2ccc(NCC3(c4ncccc4F)CCC3)nn2)s1. The van der Waals surface area contributed by atoms with Gasteiger partial charge in [0, 0.05) is 34.9 Å². The monoisotopic (exact) mass is 525 g/mol.